The van der Waals surface area contributed by atoms with Crippen LogP contribution in [0.3, 0.4) is 0 Å². The van der Waals surface area contributed by atoms with Crippen molar-refractivity contribution in [2.45, 2.75) is 19.6 Å². The van der Waals surface area contributed by atoms with E-state index in [1.54, 1.807) is 18.3 Å². The van der Waals surface area contributed by atoms with Crippen molar-refractivity contribution in [2.75, 3.05) is 6.61 Å². The van der Waals surface area contributed by atoms with Crippen molar-refractivity contribution in [2.24, 2.45) is 0 Å². The molecule has 0 saturated heterocycles. The molecule has 0 spiro atoms. The average molecular weight is 397 g/mol. The second kappa shape index (κ2) is 7.88. The van der Waals surface area contributed by atoms with Crippen LogP contribution >= 0.6 is 0 Å². The van der Waals surface area contributed by atoms with Crippen molar-refractivity contribution in [1.29, 1.82) is 0 Å². The van der Waals surface area contributed by atoms with Crippen LogP contribution in [-0.2, 0) is 17.5 Å². The molecule has 0 aliphatic rings. The Bertz CT molecular complexity index is 1100. The summed E-state index contributed by atoms with van der Waals surface area (Å²) in [4.78, 5) is 8.51. The molecule has 0 atom stereocenters. The second-order valence-corrected chi connectivity index (χ2v) is 6.13. The van der Waals surface area contributed by atoms with E-state index in [1.807, 2.05) is 30.3 Å². The smallest absolute Gasteiger partial charge is 0.418 e. The summed E-state index contributed by atoms with van der Waals surface area (Å²) in [5.74, 6) is -0.152. The molecule has 3 heterocycles. The van der Waals surface area contributed by atoms with Crippen LogP contribution < -0.4 is 4.74 Å². The van der Waals surface area contributed by atoms with E-state index in [0.29, 0.717) is 23.7 Å². The van der Waals surface area contributed by atoms with E-state index in [4.69, 9.17) is 4.74 Å². The number of fused-ring (bicyclic) bond motifs is 1. The monoisotopic (exact) mass is 397 g/mol. The second-order valence-electron chi connectivity index (χ2n) is 6.13. The Labute approximate surface area is 165 Å². The quantitative estimate of drug-likeness (QED) is 0.472. The van der Waals surface area contributed by atoms with Gasteiger partial charge < -0.3 is 9.47 Å². The predicted molar refractivity (Wildman–Crippen MR) is 100 cm³/mol. The van der Waals surface area contributed by atoms with Gasteiger partial charge in [0, 0.05) is 24.0 Å². The van der Waals surface area contributed by atoms with E-state index in [1.165, 1.54) is 19.3 Å². The highest BCUT2D eigenvalue weighted by Crippen LogP contribution is 2.29. The van der Waals surface area contributed by atoms with Crippen LogP contribution in [0.4, 0.5) is 8.78 Å². The molecule has 0 bridgehead atoms. The molecule has 9 heteroatoms. The van der Waals surface area contributed by atoms with Gasteiger partial charge in [0.1, 0.15) is 6.61 Å². The largest absolute Gasteiger partial charge is 0.473 e. The van der Waals surface area contributed by atoms with Gasteiger partial charge in [0.15, 0.2) is 5.65 Å². The third-order valence-corrected chi connectivity index (χ3v) is 4.14. The Morgan fingerprint density at radius 3 is 2.55 bits per heavy atom. The number of aromatic nitrogens is 5. The van der Waals surface area contributed by atoms with Crippen LogP contribution in [0, 0.1) is 0 Å². The summed E-state index contributed by atoms with van der Waals surface area (Å²) in [5.41, 5.74) is 2.30. The lowest BCUT2D eigenvalue weighted by Gasteiger charge is -2.13. The Kier molecular flexibility index (Phi) is 5.13. The summed E-state index contributed by atoms with van der Waals surface area (Å²) in [6.07, 6.45) is 0.812. The highest BCUT2D eigenvalue weighted by Gasteiger charge is 2.38. The van der Waals surface area contributed by atoms with Crippen LogP contribution in [0.15, 0.2) is 61.1 Å². The van der Waals surface area contributed by atoms with Gasteiger partial charge in [0.2, 0.25) is 11.7 Å². The first-order valence-corrected chi connectivity index (χ1v) is 8.93. The van der Waals surface area contributed by atoms with E-state index in [-0.39, 0.29) is 12.3 Å². The van der Waals surface area contributed by atoms with E-state index in [9.17, 15) is 8.78 Å². The number of halogens is 2. The first kappa shape index (κ1) is 18.9. The maximum Gasteiger partial charge on any atom is 0.418 e. The molecule has 0 unspecified atom stereocenters. The molecule has 0 aliphatic heterocycles. The van der Waals surface area contributed by atoms with Gasteiger partial charge in [-0.1, -0.05) is 30.3 Å². The Hall–Kier alpha value is -3.46. The molecule has 0 amide bonds. The minimum atomic E-state index is -3.56. The van der Waals surface area contributed by atoms with Gasteiger partial charge in [-0.15, -0.1) is 10.2 Å². The number of pyridine rings is 1. The van der Waals surface area contributed by atoms with Gasteiger partial charge in [-0.05, 0) is 18.6 Å². The molecular formula is C20H17F2N5O2. The number of alkyl halides is 2. The fraction of sp³-hybridized carbons (Fsp3) is 0.200. The number of benzene rings is 1. The van der Waals surface area contributed by atoms with Crippen molar-refractivity contribution in [3.8, 4) is 17.1 Å². The molecule has 0 aliphatic carbocycles. The number of ether oxygens (including phenoxy) is 2. The zero-order valence-corrected chi connectivity index (χ0v) is 15.5. The number of hydrogen-bond donors (Lipinski definition) is 0. The molecule has 7 nitrogen and oxygen atoms in total. The predicted octanol–water partition coefficient (Wildman–Crippen LogP) is 3.85. The average Bonchev–Trinajstić information content (AvgIpc) is 3.18. The zero-order chi connectivity index (χ0) is 20.3. The third-order valence-electron chi connectivity index (χ3n) is 4.14. The summed E-state index contributed by atoms with van der Waals surface area (Å²) < 4.78 is 39.6. The highest BCUT2D eigenvalue weighted by atomic mass is 19.3. The lowest BCUT2D eigenvalue weighted by Crippen LogP contribution is -2.21. The molecule has 4 rings (SSSR count). The molecule has 0 N–H and O–H groups in total. The summed E-state index contributed by atoms with van der Waals surface area (Å²) >= 11 is 0. The maximum absolute atomic E-state index is 14.1. The van der Waals surface area contributed by atoms with Gasteiger partial charge in [0.05, 0.1) is 18.5 Å². The van der Waals surface area contributed by atoms with E-state index < -0.39 is 11.9 Å². The fourth-order valence-corrected chi connectivity index (χ4v) is 2.74. The van der Waals surface area contributed by atoms with Gasteiger partial charge >= 0.3 is 6.11 Å². The van der Waals surface area contributed by atoms with Gasteiger partial charge in [0.25, 0.3) is 0 Å². The lowest BCUT2D eigenvalue weighted by molar-refractivity contribution is -0.251. The van der Waals surface area contributed by atoms with Crippen molar-refractivity contribution in [1.82, 2.24) is 24.6 Å². The SMILES string of the molecule is CCOC(F)(F)c1nnc2cnc(-c3ccc(OCc4ccccc4)nc3)cn12. The number of hydrogen-bond acceptors (Lipinski definition) is 6. The Morgan fingerprint density at radius 1 is 1.00 bits per heavy atom. The molecular weight excluding hydrogens is 380 g/mol. The summed E-state index contributed by atoms with van der Waals surface area (Å²) in [6, 6.07) is 13.2. The zero-order valence-electron chi connectivity index (χ0n) is 15.5. The van der Waals surface area contributed by atoms with E-state index >= 15 is 0 Å². The van der Waals surface area contributed by atoms with Crippen molar-refractivity contribution in [3.05, 3.63) is 72.4 Å². The first-order chi connectivity index (χ1) is 14.1. The maximum atomic E-state index is 14.1. The molecule has 3 aromatic heterocycles. The molecule has 0 fully saturated rings. The molecule has 148 valence electrons. The van der Waals surface area contributed by atoms with E-state index in [0.717, 1.165) is 9.96 Å². The van der Waals surface area contributed by atoms with E-state index in [2.05, 4.69) is 24.9 Å². The van der Waals surface area contributed by atoms with Crippen LogP contribution in [-0.4, -0.2) is 31.2 Å². The van der Waals surface area contributed by atoms with Crippen LogP contribution in [0.2, 0.25) is 0 Å². The molecule has 1 aromatic carbocycles. The summed E-state index contributed by atoms with van der Waals surface area (Å²) in [7, 11) is 0. The minimum Gasteiger partial charge on any atom is -0.473 e. The summed E-state index contributed by atoms with van der Waals surface area (Å²) in [5, 5.41) is 7.27. The van der Waals surface area contributed by atoms with Gasteiger partial charge in [-0.25, -0.2) is 4.98 Å². The van der Waals surface area contributed by atoms with Crippen molar-refractivity contribution >= 4 is 5.65 Å². The Morgan fingerprint density at radius 2 is 1.83 bits per heavy atom. The summed E-state index contributed by atoms with van der Waals surface area (Å²) in [6.45, 7) is 1.72. The lowest BCUT2D eigenvalue weighted by atomic mass is 10.2. The molecule has 29 heavy (non-hydrogen) atoms. The number of rotatable bonds is 7. The standard InChI is InChI=1S/C20H17F2N5O2/c1-2-29-20(21,22)19-26-25-17-11-23-16(12-27(17)19)15-8-9-18(24-10-15)28-13-14-6-4-3-5-7-14/h3-12H,2,13H2,1H3. The Balaban J connectivity index is 1.56. The fourth-order valence-electron chi connectivity index (χ4n) is 2.74. The minimum absolute atomic E-state index is 0.159. The molecule has 0 radical (unpaired) electrons. The van der Waals surface area contributed by atoms with Gasteiger partial charge in [-0.3, -0.25) is 9.38 Å². The van der Waals surface area contributed by atoms with Crippen LogP contribution in [0.1, 0.15) is 18.3 Å². The highest BCUT2D eigenvalue weighted by molar-refractivity contribution is 5.59. The molecule has 4 aromatic rings. The van der Waals surface area contributed by atoms with Crippen LogP contribution in [0.5, 0.6) is 5.88 Å². The van der Waals surface area contributed by atoms with Crippen molar-refractivity contribution in [3.63, 3.8) is 0 Å². The van der Waals surface area contributed by atoms with Crippen LogP contribution in [0.25, 0.3) is 16.9 Å². The third kappa shape index (κ3) is 4.04. The first-order valence-electron chi connectivity index (χ1n) is 8.93. The van der Waals surface area contributed by atoms with Gasteiger partial charge in [-0.2, -0.15) is 8.78 Å². The van der Waals surface area contributed by atoms with Crippen molar-refractivity contribution < 1.29 is 18.3 Å². The topological polar surface area (TPSA) is 74.4 Å². The number of nitrogens with zero attached hydrogens (tertiary/aromatic N) is 5. The molecule has 0 saturated carbocycles. The normalized spacial score (nSPS) is 11.7.